The number of rotatable bonds is 5. The molecule has 1 aromatic rings. The minimum absolute atomic E-state index is 0.318. The van der Waals surface area contributed by atoms with Crippen LogP contribution < -0.4 is 10.1 Å². The van der Waals surface area contributed by atoms with Crippen LogP contribution in [0.3, 0.4) is 0 Å². The molecule has 1 saturated heterocycles. The molecule has 0 atom stereocenters. The third-order valence-electron chi connectivity index (χ3n) is 3.99. The number of carboxylic acid groups (broad SMARTS) is 1. The van der Waals surface area contributed by atoms with Gasteiger partial charge in [-0.05, 0) is 37.3 Å². The van der Waals surface area contributed by atoms with Crippen molar-refractivity contribution in [2.45, 2.75) is 19.3 Å². The van der Waals surface area contributed by atoms with Gasteiger partial charge in [-0.2, -0.15) is 0 Å². The number of carbonyl (C=O) groups excluding carboxylic acids is 1. The number of para-hydroxylation sites is 2. The molecule has 1 aromatic carbocycles. The predicted octanol–water partition coefficient (Wildman–Crippen LogP) is 3.02. The zero-order valence-corrected chi connectivity index (χ0v) is 13.2. The Morgan fingerprint density at radius 1 is 1.30 bits per heavy atom. The van der Waals surface area contributed by atoms with Crippen LogP contribution in [0.2, 0.25) is 0 Å². The fourth-order valence-corrected chi connectivity index (χ4v) is 2.63. The first-order valence-electron chi connectivity index (χ1n) is 7.65. The second-order valence-corrected chi connectivity index (χ2v) is 5.46. The van der Waals surface area contributed by atoms with Crippen LogP contribution in [-0.4, -0.2) is 49.0 Å². The summed E-state index contributed by atoms with van der Waals surface area (Å²) in [5.74, 6) is 0.968. The molecule has 1 aliphatic heterocycles. The molecule has 0 aromatic heterocycles. The molecule has 7 nitrogen and oxygen atoms in total. The number of amides is 2. The third-order valence-corrected chi connectivity index (χ3v) is 3.99. The number of piperidine rings is 1. The number of hydrogen-bond donors (Lipinski definition) is 2. The highest BCUT2D eigenvalue weighted by molar-refractivity contribution is 5.86. The van der Waals surface area contributed by atoms with Crippen molar-refractivity contribution >= 4 is 17.9 Å². The Morgan fingerprint density at radius 2 is 2.00 bits per heavy atom. The number of carbonyl (C=O) groups is 2. The van der Waals surface area contributed by atoms with Crippen molar-refractivity contribution in [1.82, 2.24) is 4.90 Å². The summed E-state index contributed by atoms with van der Waals surface area (Å²) in [7, 11) is 1.54. The number of nitrogens with one attached hydrogen (secondary N) is 1. The van der Waals surface area contributed by atoms with Crippen LogP contribution in [0.5, 0.6) is 5.75 Å². The number of benzene rings is 1. The average molecular weight is 322 g/mol. The molecule has 1 aliphatic rings. The molecule has 2 amide bonds. The topological polar surface area (TPSA) is 88.1 Å². The number of ether oxygens (including phenoxy) is 2. The summed E-state index contributed by atoms with van der Waals surface area (Å²) in [6, 6.07) is 7.11. The van der Waals surface area contributed by atoms with E-state index in [2.05, 4.69) is 5.32 Å². The summed E-state index contributed by atoms with van der Waals surface area (Å²) in [4.78, 5) is 24.0. The van der Waals surface area contributed by atoms with Gasteiger partial charge in [-0.15, -0.1) is 0 Å². The summed E-state index contributed by atoms with van der Waals surface area (Å²) in [5, 5.41) is 11.5. The SMILES string of the molecule is COc1ccccc1NC(=O)OCCC1CCN(C(=O)O)CC1. The van der Waals surface area contributed by atoms with Crippen LogP contribution in [0.4, 0.5) is 15.3 Å². The van der Waals surface area contributed by atoms with E-state index in [1.165, 1.54) is 12.0 Å². The quantitative estimate of drug-likeness (QED) is 0.870. The molecule has 0 unspecified atom stereocenters. The number of nitrogens with zero attached hydrogens (tertiary/aromatic N) is 1. The van der Waals surface area contributed by atoms with Crippen LogP contribution >= 0.6 is 0 Å². The number of hydrogen-bond acceptors (Lipinski definition) is 4. The lowest BCUT2D eigenvalue weighted by atomic mass is 9.94. The molecule has 2 N–H and O–H groups in total. The van der Waals surface area contributed by atoms with Crippen LogP contribution in [0.15, 0.2) is 24.3 Å². The molecular formula is C16H22N2O5. The zero-order valence-electron chi connectivity index (χ0n) is 13.2. The van der Waals surface area contributed by atoms with E-state index < -0.39 is 12.2 Å². The second kappa shape index (κ2) is 8.26. The molecule has 0 radical (unpaired) electrons. The van der Waals surface area contributed by atoms with Gasteiger partial charge >= 0.3 is 12.2 Å². The molecular weight excluding hydrogens is 300 g/mol. The van der Waals surface area contributed by atoms with Gasteiger partial charge in [0.2, 0.25) is 0 Å². The van der Waals surface area contributed by atoms with Crippen molar-refractivity contribution in [3.63, 3.8) is 0 Å². The standard InChI is InChI=1S/C16H22N2O5/c1-22-14-5-3-2-4-13(14)17-15(19)23-11-8-12-6-9-18(10-7-12)16(20)21/h2-5,12H,6-11H2,1H3,(H,17,19)(H,20,21). The summed E-state index contributed by atoms with van der Waals surface area (Å²) >= 11 is 0. The van der Waals surface area contributed by atoms with Gasteiger partial charge in [-0.1, -0.05) is 12.1 Å². The van der Waals surface area contributed by atoms with Crippen LogP contribution in [0.25, 0.3) is 0 Å². The zero-order chi connectivity index (χ0) is 16.7. The molecule has 2 rings (SSSR count). The van der Waals surface area contributed by atoms with E-state index in [0.717, 1.165) is 19.3 Å². The van der Waals surface area contributed by atoms with E-state index in [1.54, 1.807) is 18.2 Å². The average Bonchev–Trinajstić information content (AvgIpc) is 2.56. The summed E-state index contributed by atoms with van der Waals surface area (Å²) in [6.07, 6.45) is 0.980. The smallest absolute Gasteiger partial charge is 0.411 e. The van der Waals surface area contributed by atoms with Gasteiger partial charge in [0.15, 0.2) is 0 Å². The predicted molar refractivity (Wildman–Crippen MR) is 84.9 cm³/mol. The fourth-order valence-electron chi connectivity index (χ4n) is 2.63. The third kappa shape index (κ3) is 5.05. The van der Waals surface area contributed by atoms with Gasteiger partial charge in [-0.3, -0.25) is 5.32 Å². The van der Waals surface area contributed by atoms with Crippen LogP contribution in [0, 0.1) is 5.92 Å². The number of anilines is 1. The molecule has 0 saturated carbocycles. The van der Waals surface area contributed by atoms with E-state index in [4.69, 9.17) is 14.6 Å². The van der Waals surface area contributed by atoms with E-state index in [9.17, 15) is 9.59 Å². The first-order chi connectivity index (χ1) is 11.1. The van der Waals surface area contributed by atoms with Gasteiger partial charge in [0, 0.05) is 13.1 Å². The van der Waals surface area contributed by atoms with Crippen molar-refractivity contribution in [3.8, 4) is 5.75 Å². The molecule has 0 spiro atoms. The van der Waals surface area contributed by atoms with Gasteiger partial charge in [0.25, 0.3) is 0 Å². The van der Waals surface area contributed by atoms with E-state index in [1.807, 2.05) is 6.07 Å². The Labute approximate surface area is 135 Å². The van der Waals surface area contributed by atoms with Gasteiger partial charge < -0.3 is 19.5 Å². The lowest BCUT2D eigenvalue weighted by Crippen LogP contribution is -2.37. The van der Waals surface area contributed by atoms with Crippen LogP contribution in [-0.2, 0) is 4.74 Å². The van der Waals surface area contributed by atoms with Gasteiger partial charge in [-0.25, -0.2) is 9.59 Å². The maximum Gasteiger partial charge on any atom is 0.411 e. The summed E-state index contributed by atoms with van der Waals surface area (Å²) < 4.78 is 10.3. The van der Waals surface area contributed by atoms with E-state index >= 15 is 0 Å². The highest BCUT2D eigenvalue weighted by Crippen LogP contribution is 2.23. The number of likely N-dealkylation sites (tertiary alicyclic amines) is 1. The number of methoxy groups -OCH3 is 1. The first kappa shape index (κ1) is 16.9. The molecule has 126 valence electrons. The molecule has 1 fully saturated rings. The fraction of sp³-hybridized carbons (Fsp3) is 0.500. The van der Waals surface area contributed by atoms with Crippen molar-refractivity contribution in [2.75, 3.05) is 32.1 Å². The van der Waals surface area contributed by atoms with E-state index in [0.29, 0.717) is 37.1 Å². The van der Waals surface area contributed by atoms with E-state index in [-0.39, 0.29) is 0 Å². The second-order valence-electron chi connectivity index (χ2n) is 5.46. The van der Waals surface area contributed by atoms with Crippen molar-refractivity contribution in [1.29, 1.82) is 0 Å². The van der Waals surface area contributed by atoms with Crippen molar-refractivity contribution in [3.05, 3.63) is 24.3 Å². The Kier molecular flexibility index (Phi) is 6.08. The summed E-state index contributed by atoms with van der Waals surface area (Å²) in [5.41, 5.74) is 0.565. The normalized spacial score (nSPS) is 15.1. The lowest BCUT2D eigenvalue weighted by Gasteiger charge is -2.29. The molecule has 23 heavy (non-hydrogen) atoms. The Bertz CT molecular complexity index is 541. The highest BCUT2D eigenvalue weighted by Gasteiger charge is 2.22. The highest BCUT2D eigenvalue weighted by atomic mass is 16.5. The Hall–Kier alpha value is -2.44. The summed E-state index contributed by atoms with van der Waals surface area (Å²) in [6.45, 7) is 1.42. The molecule has 1 heterocycles. The Morgan fingerprint density at radius 3 is 2.65 bits per heavy atom. The van der Waals surface area contributed by atoms with Crippen molar-refractivity contribution < 1.29 is 24.2 Å². The minimum Gasteiger partial charge on any atom is -0.495 e. The lowest BCUT2D eigenvalue weighted by molar-refractivity contribution is 0.114. The van der Waals surface area contributed by atoms with Crippen LogP contribution in [0.1, 0.15) is 19.3 Å². The maximum atomic E-state index is 11.8. The largest absolute Gasteiger partial charge is 0.495 e. The first-order valence-corrected chi connectivity index (χ1v) is 7.65. The van der Waals surface area contributed by atoms with Gasteiger partial charge in [0.1, 0.15) is 5.75 Å². The molecule has 7 heteroatoms. The molecule has 0 bridgehead atoms. The monoisotopic (exact) mass is 322 g/mol. The van der Waals surface area contributed by atoms with Gasteiger partial charge in [0.05, 0.1) is 19.4 Å². The Balaban J connectivity index is 1.68. The molecule has 0 aliphatic carbocycles. The minimum atomic E-state index is -0.865. The van der Waals surface area contributed by atoms with Crippen molar-refractivity contribution in [2.24, 2.45) is 5.92 Å². The maximum absolute atomic E-state index is 11.8.